The van der Waals surface area contributed by atoms with Crippen LogP contribution in [0.5, 0.6) is 0 Å². The normalized spacial score (nSPS) is 13.7. The first kappa shape index (κ1) is 20.2. The first-order valence-corrected chi connectivity index (χ1v) is 9.58. The van der Waals surface area contributed by atoms with E-state index in [0.29, 0.717) is 47.0 Å². The molecule has 0 radical (unpaired) electrons. The average Bonchev–Trinajstić information content (AvgIpc) is 2.69. The van der Waals surface area contributed by atoms with Crippen molar-refractivity contribution in [2.45, 2.75) is 25.4 Å². The molecule has 0 aliphatic heterocycles. The molecule has 0 unspecified atom stereocenters. The van der Waals surface area contributed by atoms with Gasteiger partial charge in [-0.2, -0.15) is 18.2 Å². The summed E-state index contributed by atoms with van der Waals surface area (Å²) in [5.41, 5.74) is 1.06. The van der Waals surface area contributed by atoms with Gasteiger partial charge < -0.3 is 10.6 Å². The summed E-state index contributed by atoms with van der Waals surface area (Å²) in [6, 6.07) is 11.6. The lowest BCUT2D eigenvalue weighted by molar-refractivity contribution is -0.137. The molecule has 2 aromatic carbocycles. The number of carbonyl (C=O) groups is 1. The van der Waals surface area contributed by atoms with Crippen LogP contribution in [0, 0.1) is 0 Å². The number of rotatable bonds is 4. The first-order valence-electron chi connectivity index (χ1n) is 9.20. The van der Waals surface area contributed by atoms with Crippen LogP contribution >= 0.6 is 11.6 Å². The van der Waals surface area contributed by atoms with E-state index in [9.17, 15) is 18.0 Å². The zero-order valence-electron chi connectivity index (χ0n) is 15.6. The number of halogens is 4. The van der Waals surface area contributed by atoms with Crippen LogP contribution in [-0.4, -0.2) is 15.8 Å². The van der Waals surface area contributed by atoms with E-state index >= 15 is 0 Å². The van der Waals surface area contributed by atoms with Crippen molar-refractivity contribution < 1.29 is 18.0 Å². The zero-order valence-corrected chi connectivity index (χ0v) is 16.3. The minimum atomic E-state index is -4.46. The predicted molar refractivity (Wildman–Crippen MR) is 109 cm³/mol. The fraction of sp³-hybridized carbons (Fsp3) is 0.190. The quantitative estimate of drug-likeness (QED) is 0.517. The highest BCUT2D eigenvalue weighted by Crippen LogP contribution is 2.33. The molecule has 1 aliphatic rings. The Labute approximate surface area is 175 Å². The van der Waals surface area contributed by atoms with Crippen LogP contribution in [0.25, 0.3) is 0 Å². The zero-order chi connectivity index (χ0) is 21.3. The van der Waals surface area contributed by atoms with E-state index in [1.807, 2.05) is 0 Å². The van der Waals surface area contributed by atoms with E-state index < -0.39 is 11.7 Å². The summed E-state index contributed by atoms with van der Waals surface area (Å²) in [6.07, 6.45) is -2.82. The van der Waals surface area contributed by atoms with E-state index in [4.69, 9.17) is 11.6 Å². The van der Waals surface area contributed by atoms with E-state index in [-0.39, 0.29) is 17.4 Å². The molecule has 5 nitrogen and oxygen atoms in total. The third kappa shape index (κ3) is 4.38. The van der Waals surface area contributed by atoms with Gasteiger partial charge in [0.05, 0.1) is 16.8 Å². The topological polar surface area (TPSA) is 66.9 Å². The summed E-state index contributed by atoms with van der Waals surface area (Å²) in [6.45, 7) is 0. The van der Waals surface area contributed by atoms with Gasteiger partial charge >= 0.3 is 6.18 Å². The first-order chi connectivity index (χ1) is 14.3. The Hall–Kier alpha value is -3.13. The Morgan fingerprint density at radius 1 is 0.933 bits per heavy atom. The van der Waals surface area contributed by atoms with E-state index in [1.54, 1.807) is 24.3 Å². The lowest BCUT2D eigenvalue weighted by Crippen LogP contribution is -2.18. The standard InChI is InChI=1S/C21H16ClF3N4O/c22-13-7-9-14(10-8-13)26-19-18-16(5-2-6-17(18)30)28-20(29-19)27-15-4-1-3-12(11-15)21(23,24)25/h1,3-4,7-11H,2,5-6H2,(H2,26,27,28,29). The third-order valence-electron chi connectivity index (χ3n) is 4.63. The number of hydrogen-bond donors (Lipinski definition) is 2. The van der Waals surface area contributed by atoms with Crippen LogP contribution in [0.1, 0.15) is 34.5 Å². The number of nitrogens with one attached hydrogen (secondary N) is 2. The van der Waals surface area contributed by atoms with Crippen LogP contribution in [0.15, 0.2) is 48.5 Å². The number of aromatic nitrogens is 2. The van der Waals surface area contributed by atoms with Crippen LogP contribution in [0.3, 0.4) is 0 Å². The highest BCUT2D eigenvalue weighted by molar-refractivity contribution is 6.30. The monoisotopic (exact) mass is 432 g/mol. The van der Waals surface area contributed by atoms with Crippen molar-refractivity contribution in [1.29, 1.82) is 0 Å². The highest BCUT2D eigenvalue weighted by Gasteiger charge is 2.30. The molecular weight excluding hydrogens is 417 g/mol. The number of alkyl halides is 3. The molecule has 0 saturated heterocycles. The minimum absolute atomic E-state index is 0.0710. The number of aryl methyl sites for hydroxylation is 1. The number of hydrogen-bond acceptors (Lipinski definition) is 5. The Kier molecular flexibility index (Phi) is 5.34. The predicted octanol–water partition coefficient (Wildman–Crippen LogP) is 6.16. The maximum atomic E-state index is 13.0. The van der Waals surface area contributed by atoms with Gasteiger partial charge in [0.1, 0.15) is 5.82 Å². The summed E-state index contributed by atoms with van der Waals surface area (Å²) in [7, 11) is 0. The molecule has 0 saturated carbocycles. The maximum Gasteiger partial charge on any atom is 0.416 e. The van der Waals surface area contributed by atoms with Gasteiger partial charge in [-0.25, -0.2) is 4.98 Å². The molecule has 1 aromatic heterocycles. The molecule has 0 amide bonds. The van der Waals surface area contributed by atoms with Gasteiger partial charge in [-0.15, -0.1) is 0 Å². The maximum absolute atomic E-state index is 13.0. The fourth-order valence-corrected chi connectivity index (χ4v) is 3.37. The molecule has 4 rings (SSSR count). The average molecular weight is 433 g/mol. The summed E-state index contributed by atoms with van der Waals surface area (Å²) >= 11 is 5.92. The molecule has 0 bridgehead atoms. The van der Waals surface area contributed by atoms with Gasteiger partial charge in [-0.05, 0) is 55.3 Å². The van der Waals surface area contributed by atoms with Crippen molar-refractivity contribution in [1.82, 2.24) is 9.97 Å². The molecule has 30 heavy (non-hydrogen) atoms. The minimum Gasteiger partial charge on any atom is -0.339 e. The highest BCUT2D eigenvalue weighted by atomic mass is 35.5. The van der Waals surface area contributed by atoms with Gasteiger partial charge in [-0.3, -0.25) is 4.79 Å². The van der Waals surface area contributed by atoms with Gasteiger partial charge in [0.2, 0.25) is 5.95 Å². The van der Waals surface area contributed by atoms with Crippen LogP contribution in [0.2, 0.25) is 5.02 Å². The second kappa shape index (κ2) is 7.95. The van der Waals surface area contributed by atoms with Crippen molar-refractivity contribution in [2.24, 2.45) is 0 Å². The third-order valence-corrected chi connectivity index (χ3v) is 4.89. The molecule has 154 valence electrons. The number of Topliss-reactive ketones (excluding diaryl/α,β-unsaturated/α-hetero) is 1. The van der Waals surface area contributed by atoms with Crippen molar-refractivity contribution in [2.75, 3.05) is 10.6 Å². The number of fused-ring (bicyclic) bond motifs is 1. The number of ketones is 1. The Morgan fingerprint density at radius 3 is 2.43 bits per heavy atom. The lowest BCUT2D eigenvalue weighted by Gasteiger charge is -2.19. The SMILES string of the molecule is O=C1CCCc2nc(Nc3cccc(C(F)(F)F)c3)nc(Nc3ccc(Cl)cc3)c21. The van der Waals surface area contributed by atoms with Gasteiger partial charge in [-0.1, -0.05) is 17.7 Å². The molecule has 0 spiro atoms. The summed E-state index contributed by atoms with van der Waals surface area (Å²) < 4.78 is 39.0. The number of benzene rings is 2. The number of carbonyl (C=O) groups excluding carboxylic acids is 1. The van der Waals surface area contributed by atoms with Crippen LogP contribution in [0.4, 0.5) is 36.3 Å². The number of anilines is 4. The Balaban J connectivity index is 1.71. The van der Waals surface area contributed by atoms with Crippen molar-refractivity contribution in [3.05, 3.63) is 70.4 Å². The molecule has 9 heteroatoms. The Morgan fingerprint density at radius 2 is 1.70 bits per heavy atom. The molecule has 2 N–H and O–H groups in total. The van der Waals surface area contributed by atoms with Crippen LogP contribution < -0.4 is 10.6 Å². The largest absolute Gasteiger partial charge is 0.416 e. The van der Waals surface area contributed by atoms with Gasteiger partial charge in [0, 0.05) is 22.8 Å². The molecular formula is C21H16ClF3N4O. The van der Waals surface area contributed by atoms with Crippen molar-refractivity contribution in [3.63, 3.8) is 0 Å². The molecule has 0 atom stereocenters. The Bertz CT molecular complexity index is 1100. The molecule has 3 aromatic rings. The summed E-state index contributed by atoms with van der Waals surface area (Å²) in [5, 5.41) is 6.49. The van der Waals surface area contributed by atoms with Crippen molar-refractivity contribution >= 4 is 40.5 Å². The summed E-state index contributed by atoms with van der Waals surface area (Å²) in [4.78, 5) is 21.2. The van der Waals surface area contributed by atoms with E-state index in [0.717, 1.165) is 12.1 Å². The van der Waals surface area contributed by atoms with E-state index in [2.05, 4.69) is 20.6 Å². The second-order valence-electron chi connectivity index (χ2n) is 6.83. The number of nitrogens with zero attached hydrogens (tertiary/aromatic N) is 2. The smallest absolute Gasteiger partial charge is 0.339 e. The van der Waals surface area contributed by atoms with Gasteiger partial charge in [0.25, 0.3) is 0 Å². The van der Waals surface area contributed by atoms with Crippen molar-refractivity contribution in [3.8, 4) is 0 Å². The van der Waals surface area contributed by atoms with Crippen LogP contribution in [-0.2, 0) is 12.6 Å². The summed E-state index contributed by atoms with van der Waals surface area (Å²) in [5.74, 6) is 0.346. The lowest BCUT2D eigenvalue weighted by atomic mass is 9.95. The molecule has 0 fully saturated rings. The van der Waals surface area contributed by atoms with E-state index in [1.165, 1.54) is 12.1 Å². The van der Waals surface area contributed by atoms with Gasteiger partial charge in [0.15, 0.2) is 5.78 Å². The second-order valence-corrected chi connectivity index (χ2v) is 7.27. The molecule has 1 heterocycles. The molecule has 1 aliphatic carbocycles. The fourth-order valence-electron chi connectivity index (χ4n) is 3.24.